The van der Waals surface area contributed by atoms with Crippen LogP contribution in [-0.2, 0) is 11.3 Å². The Kier molecular flexibility index (Phi) is 3.46. The van der Waals surface area contributed by atoms with Gasteiger partial charge in [0.2, 0.25) is 11.6 Å². The molecule has 0 aliphatic rings. The first-order chi connectivity index (χ1) is 10.3. The van der Waals surface area contributed by atoms with Crippen LogP contribution in [0.1, 0.15) is 16.1 Å². The van der Waals surface area contributed by atoms with Gasteiger partial charge < -0.3 is 9.15 Å². The maximum Gasteiger partial charge on any atom is 0.374 e. The highest BCUT2D eigenvalue weighted by molar-refractivity contribution is 5.87. The number of esters is 1. The zero-order valence-corrected chi connectivity index (χ0v) is 11.3. The highest BCUT2D eigenvalue weighted by Crippen LogP contribution is 2.15. The van der Waals surface area contributed by atoms with Gasteiger partial charge in [-0.3, -0.25) is 0 Å². The van der Waals surface area contributed by atoms with Crippen molar-refractivity contribution < 1.29 is 13.9 Å². The van der Waals surface area contributed by atoms with Gasteiger partial charge in [-0.15, -0.1) is 10.2 Å². The molecule has 0 atom stereocenters. The monoisotopic (exact) mass is 284 g/mol. The van der Waals surface area contributed by atoms with Gasteiger partial charge in [0.25, 0.3) is 0 Å². The summed E-state index contributed by atoms with van der Waals surface area (Å²) in [6.45, 7) is 0.279. The van der Waals surface area contributed by atoms with E-state index in [1.165, 1.54) is 18.2 Å². The van der Waals surface area contributed by atoms with Crippen molar-refractivity contribution in [3.05, 3.63) is 54.0 Å². The molecule has 21 heavy (non-hydrogen) atoms. The molecule has 7 nitrogen and oxygen atoms in total. The van der Waals surface area contributed by atoms with E-state index in [0.29, 0.717) is 11.4 Å². The molecule has 106 valence electrons. The molecule has 0 aliphatic carbocycles. The largest absolute Gasteiger partial charge is 0.463 e. The number of rotatable bonds is 4. The Morgan fingerprint density at radius 3 is 2.86 bits per heavy atom. The van der Waals surface area contributed by atoms with E-state index in [4.69, 9.17) is 4.42 Å². The average Bonchev–Trinajstić information content (AvgIpc) is 3.17. The third kappa shape index (κ3) is 2.66. The highest BCUT2D eigenvalue weighted by Gasteiger charge is 2.17. The Hall–Kier alpha value is -2.96. The molecule has 0 bridgehead atoms. The topological polar surface area (TPSA) is 83.0 Å². The molecule has 2 heterocycles. The normalized spacial score (nSPS) is 10.5. The first-order valence-corrected chi connectivity index (χ1v) is 6.26. The summed E-state index contributed by atoms with van der Waals surface area (Å²) >= 11 is 0. The fourth-order valence-electron chi connectivity index (χ4n) is 1.90. The molecular formula is C14H12N4O3. The third-order valence-electron chi connectivity index (χ3n) is 2.91. The number of carbonyl (C=O) groups excluding carboxylic acids is 1. The minimum atomic E-state index is -0.529. The highest BCUT2D eigenvalue weighted by atomic mass is 16.5. The van der Waals surface area contributed by atoms with Crippen LogP contribution < -0.4 is 0 Å². The minimum Gasteiger partial charge on any atom is -0.463 e. The van der Waals surface area contributed by atoms with Crippen LogP contribution in [0.25, 0.3) is 11.4 Å². The molecule has 7 heteroatoms. The number of hydrogen-bond acceptors (Lipinski definition) is 6. The van der Waals surface area contributed by atoms with E-state index in [1.54, 1.807) is 6.07 Å². The number of benzene rings is 1. The molecule has 0 fully saturated rings. The van der Waals surface area contributed by atoms with Gasteiger partial charge in [0.1, 0.15) is 0 Å². The number of hydrogen-bond donors (Lipinski definition) is 0. The van der Waals surface area contributed by atoms with Crippen molar-refractivity contribution in [2.24, 2.45) is 0 Å². The van der Waals surface area contributed by atoms with E-state index >= 15 is 0 Å². The van der Waals surface area contributed by atoms with Crippen LogP contribution in [0.2, 0.25) is 0 Å². The van der Waals surface area contributed by atoms with Gasteiger partial charge in [-0.25, -0.2) is 4.79 Å². The molecule has 1 aromatic carbocycles. The number of furan rings is 1. The Bertz CT molecular complexity index is 748. The molecule has 2 aromatic heterocycles. The van der Waals surface area contributed by atoms with Crippen LogP contribution >= 0.6 is 0 Å². The summed E-state index contributed by atoms with van der Waals surface area (Å²) in [5.41, 5.74) is 1.52. The Labute approximate surface area is 120 Å². The molecule has 0 saturated carbocycles. The molecule has 0 saturated heterocycles. The SMILES string of the molecule is COC(=O)c1occc1Cn1nnc(-c2ccccc2)n1. The quantitative estimate of drug-likeness (QED) is 0.679. The van der Waals surface area contributed by atoms with Crippen molar-refractivity contribution >= 4 is 5.97 Å². The van der Waals surface area contributed by atoms with Crippen LogP contribution in [0.3, 0.4) is 0 Å². The van der Waals surface area contributed by atoms with Gasteiger partial charge in [-0.05, 0) is 11.3 Å². The van der Waals surface area contributed by atoms with Crippen LogP contribution in [0.5, 0.6) is 0 Å². The standard InChI is InChI=1S/C14H12N4O3/c1-20-14(19)12-11(7-8-21-12)9-18-16-13(15-17-18)10-5-3-2-4-6-10/h2-8H,9H2,1H3. The molecular weight excluding hydrogens is 272 g/mol. The van der Waals surface area contributed by atoms with Gasteiger partial charge in [-0.1, -0.05) is 30.3 Å². The van der Waals surface area contributed by atoms with Crippen molar-refractivity contribution in [3.63, 3.8) is 0 Å². The van der Waals surface area contributed by atoms with Gasteiger partial charge in [0, 0.05) is 11.1 Å². The van der Waals surface area contributed by atoms with Gasteiger partial charge in [-0.2, -0.15) is 4.80 Å². The molecule has 3 rings (SSSR count). The summed E-state index contributed by atoms with van der Waals surface area (Å²) in [4.78, 5) is 12.9. The van der Waals surface area contributed by atoms with Crippen molar-refractivity contribution in [1.29, 1.82) is 0 Å². The minimum absolute atomic E-state index is 0.149. The second-order valence-corrected chi connectivity index (χ2v) is 4.28. The van der Waals surface area contributed by atoms with E-state index in [9.17, 15) is 4.79 Å². The maximum absolute atomic E-state index is 11.5. The second-order valence-electron chi connectivity index (χ2n) is 4.28. The zero-order valence-electron chi connectivity index (χ0n) is 11.3. The van der Waals surface area contributed by atoms with Gasteiger partial charge in [0.05, 0.1) is 19.9 Å². The number of nitrogens with zero attached hydrogens (tertiary/aromatic N) is 4. The van der Waals surface area contributed by atoms with Crippen molar-refractivity contribution in [1.82, 2.24) is 20.2 Å². The van der Waals surface area contributed by atoms with Gasteiger partial charge >= 0.3 is 5.97 Å². The summed E-state index contributed by atoms with van der Waals surface area (Å²) in [6.07, 6.45) is 1.43. The van der Waals surface area contributed by atoms with E-state index in [0.717, 1.165) is 5.56 Å². The molecule has 0 radical (unpaired) electrons. The first-order valence-electron chi connectivity index (χ1n) is 6.26. The lowest BCUT2D eigenvalue weighted by Gasteiger charge is -1.99. The summed E-state index contributed by atoms with van der Waals surface area (Å²) in [5, 5.41) is 12.3. The lowest BCUT2D eigenvalue weighted by atomic mass is 10.2. The Balaban J connectivity index is 1.82. The predicted molar refractivity (Wildman–Crippen MR) is 72.4 cm³/mol. The van der Waals surface area contributed by atoms with E-state index in [-0.39, 0.29) is 12.3 Å². The predicted octanol–water partition coefficient (Wildman–Crippen LogP) is 1.77. The molecule has 0 N–H and O–H groups in total. The van der Waals surface area contributed by atoms with Crippen LogP contribution in [0.15, 0.2) is 47.1 Å². The van der Waals surface area contributed by atoms with Crippen molar-refractivity contribution in [3.8, 4) is 11.4 Å². The molecule has 0 spiro atoms. The van der Waals surface area contributed by atoms with Gasteiger partial charge in [0.15, 0.2) is 0 Å². The number of aromatic nitrogens is 4. The fourth-order valence-corrected chi connectivity index (χ4v) is 1.90. The Morgan fingerprint density at radius 1 is 1.29 bits per heavy atom. The fraction of sp³-hybridized carbons (Fsp3) is 0.143. The number of methoxy groups -OCH3 is 1. The number of tetrazole rings is 1. The average molecular weight is 284 g/mol. The molecule has 3 aromatic rings. The number of carbonyl (C=O) groups is 1. The summed E-state index contributed by atoms with van der Waals surface area (Å²) in [5.74, 6) is 0.146. The third-order valence-corrected chi connectivity index (χ3v) is 2.91. The summed E-state index contributed by atoms with van der Waals surface area (Å²) in [7, 11) is 1.30. The van der Waals surface area contributed by atoms with Crippen molar-refractivity contribution in [2.75, 3.05) is 7.11 Å². The maximum atomic E-state index is 11.5. The van der Waals surface area contributed by atoms with Crippen LogP contribution in [-0.4, -0.2) is 33.3 Å². The smallest absolute Gasteiger partial charge is 0.374 e. The van der Waals surface area contributed by atoms with E-state index in [2.05, 4.69) is 20.1 Å². The molecule has 0 unspecified atom stereocenters. The lowest BCUT2D eigenvalue weighted by molar-refractivity contribution is 0.0563. The van der Waals surface area contributed by atoms with E-state index in [1.807, 2.05) is 30.3 Å². The van der Waals surface area contributed by atoms with Crippen molar-refractivity contribution in [2.45, 2.75) is 6.54 Å². The van der Waals surface area contributed by atoms with E-state index < -0.39 is 5.97 Å². The summed E-state index contributed by atoms with van der Waals surface area (Å²) in [6, 6.07) is 11.2. The first kappa shape index (κ1) is 13.0. The molecule has 0 amide bonds. The summed E-state index contributed by atoms with van der Waals surface area (Å²) < 4.78 is 9.77. The number of ether oxygens (including phenoxy) is 1. The zero-order chi connectivity index (χ0) is 14.7. The Morgan fingerprint density at radius 2 is 2.10 bits per heavy atom. The second kappa shape index (κ2) is 5.58. The molecule has 0 aliphatic heterocycles. The van der Waals surface area contributed by atoms with Crippen LogP contribution in [0, 0.1) is 0 Å². The van der Waals surface area contributed by atoms with Crippen LogP contribution in [0.4, 0.5) is 0 Å². The lowest BCUT2D eigenvalue weighted by Crippen LogP contribution is -2.09.